The van der Waals surface area contributed by atoms with E-state index in [4.69, 9.17) is 10.5 Å². The van der Waals surface area contributed by atoms with Gasteiger partial charge in [0.25, 0.3) is 0 Å². The maximum absolute atomic E-state index is 5.89. The van der Waals surface area contributed by atoms with Crippen LogP contribution >= 0.6 is 0 Å². The van der Waals surface area contributed by atoms with Crippen molar-refractivity contribution in [2.75, 3.05) is 19.5 Å². The van der Waals surface area contributed by atoms with Gasteiger partial charge >= 0.3 is 0 Å². The molecule has 0 saturated heterocycles. The van der Waals surface area contributed by atoms with Crippen molar-refractivity contribution < 1.29 is 4.74 Å². The van der Waals surface area contributed by atoms with Crippen molar-refractivity contribution >= 4 is 5.69 Å². The molecule has 1 atom stereocenters. The van der Waals surface area contributed by atoms with Crippen molar-refractivity contribution in [1.29, 1.82) is 0 Å². The van der Waals surface area contributed by atoms with Gasteiger partial charge in [-0.1, -0.05) is 37.3 Å². The van der Waals surface area contributed by atoms with E-state index in [0.29, 0.717) is 5.92 Å². The Labute approximate surface area is 115 Å². The Bertz CT molecular complexity index is 563. The number of ether oxygens (including phenoxy) is 1. The number of rotatable bonds is 4. The first-order valence-corrected chi connectivity index (χ1v) is 6.57. The van der Waals surface area contributed by atoms with E-state index in [1.165, 1.54) is 22.3 Å². The Kier molecular flexibility index (Phi) is 4.23. The van der Waals surface area contributed by atoms with E-state index in [1.54, 1.807) is 7.11 Å². The molecule has 0 aliphatic carbocycles. The standard InChI is InChI=1S/C17H21NO/c1-12-7-8-16(18)10-17(12)15-6-4-5-14(9-15)13(2)11-19-3/h4-10,13H,11,18H2,1-3H3. The molecule has 0 amide bonds. The summed E-state index contributed by atoms with van der Waals surface area (Å²) in [6.07, 6.45) is 0. The molecule has 0 fully saturated rings. The number of nitrogens with two attached hydrogens (primary N) is 1. The lowest BCUT2D eigenvalue weighted by molar-refractivity contribution is 0.184. The number of methoxy groups -OCH3 is 1. The van der Waals surface area contributed by atoms with Crippen LogP contribution in [0.1, 0.15) is 24.0 Å². The SMILES string of the molecule is COCC(C)c1cccc(-c2cc(N)ccc2C)c1. The molecule has 0 aliphatic heterocycles. The normalized spacial score (nSPS) is 12.4. The molecule has 0 aliphatic rings. The Morgan fingerprint density at radius 2 is 1.95 bits per heavy atom. The summed E-state index contributed by atoms with van der Waals surface area (Å²) in [5.41, 5.74) is 11.6. The van der Waals surface area contributed by atoms with E-state index in [2.05, 4.69) is 44.2 Å². The predicted molar refractivity (Wildman–Crippen MR) is 81.3 cm³/mol. The third kappa shape index (κ3) is 3.15. The van der Waals surface area contributed by atoms with Crippen molar-refractivity contribution in [3.63, 3.8) is 0 Å². The lowest BCUT2D eigenvalue weighted by Gasteiger charge is -2.13. The molecular formula is C17H21NO. The van der Waals surface area contributed by atoms with Crippen LogP contribution in [0, 0.1) is 6.92 Å². The molecule has 0 radical (unpaired) electrons. The summed E-state index contributed by atoms with van der Waals surface area (Å²) in [7, 11) is 1.74. The number of benzene rings is 2. The Hall–Kier alpha value is -1.80. The number of aryl methyl sites for hydroxylation is 1. The minimum Gasteiger partial charge on any atom is -0.399 e. The monoisotopic (exact) mass is 255 g/mol. The third-order valence-corrected chi connectivity index (χ3v) is 3.44. The van der Waals surface area contributed by atoms with E-state index in [9.17, 15) is 0 Å². The minimum absolute atomic E-state index is 0.395. The van der Waals surface area contributed by atoms with Crippen molar-refractivity contribution in [2.24, 2.45) is 0 Å². The molecule has 2 heteroatoms. The quantitative estimate of drug-likeness (QED) is 0.838. The van der Waals surface area contributed by atoms with Gasteiger partial charge in [0, 0.05) is 18.7 Å². The average molecular weight is 255 g/mol. The van der Waals surface area contributed by atoms with Crippen LogP contribution in [0.15, 0.2) is 42.5 Å². The summed E-state index contributed by atoms with van der Waals surface area (Å²) in [5, 5.41) is 0. The smallest absolute Gasteiger partial charge is 0.0528 e. The van der Waals surface area contributed by atoms with Crippen LogP contribution < -0.4 is 5.73 Å². The summed E-state index contributed by atoms with van der Waals surface area (Å²) >= 11 is 0. The second-order valence-corrected chi connectivity index (χ2v) is 5.06. The van der Waals surface area contributed by atoms with E-state index in [1.807, 2.05) is 12.1 Å². The zero-order valence-corrected chi connectivity index (χ0v) is 11.8. The fourth-order valence-corrected chi connectivity index (χ4v) is 2.31. The van der Waals surface area contributed by atoms with Gasteiger partial charge in [-0.25, -0.2) is 0 Å². The average Bonchev–Trinajstić information content (AvgIpc) is 2.42. The highest BCUT2D eigenvalue weighted by Gasteiger charge is 2.08. The lowest BCUT2D eigenvalue weighted by Crippen LogP contribution is -2.01. The molecule has 2 nitrogen and oxygen atoms in total. The highest BCUT2D eigenvalue weighted by molar-refractivity contribution is 5.71. The zero-order chi connectivity index (χ0) is 13.8. The summed E-state index contributed by atoms with van der Waals surface area (Å²) in [6.45, 7) is 5.02. The Morgan fingerprint density at radius 1 is 1.16 bits per heavy atom. The van der Waals surface area contributed by atoms with Gasteiger partial charge in [0.05, 0.1) is 6.61 Å². The van der Waals surface area contributed by atoms with Crippen LogP contribution in [0.25, 0.3) is 11.1 Å². The first-order valence-electron chi connectivity index (χ1n) is 6.57. The third-order valence-electron chi connectivity index (χ3n) is 3.44. The summed E-state index contributed by atoms with van der Waals surface area (Å²) in [4.78, 5) is 0. The molecule has 19 heavy (non-hydrogen) atoms. The molecule has 2 rings (SSSR count). The first-order chi connectivity index (χ1) is 9.11. The number of hydrogen-bond acceptors (Lipinski definition) is 2. The molecule has 0 aromatic heterocycles. The molecule has 1 unspecified atom stereocenters. The van der Waals surface area contributed by atoms with E-state index >= 15 is 0 Å². The van der Waals surface area contributed by atoms with Gasteiger partial charge < -0.3 is 10.5 Å². The largest absolute Gasteiger partial charge is 0.399 e. The molecule has 2 N–H and O–H groups in total. The van der Waals surface area contributed by atoms with Crippen molar-refractivity contribution in [2.45, 2.75) is 19.8 Å². The molecule has 0 spiro atoms. The first kappa shape index (κ1) is 13.6. The van der Waals surface area contributed by atoms with Crippen LogP contribution in [-0.4, -0.2) is 13.7 Å². The van der Waals surface area contributed by atoms with Gasteiger partial charge in [-0.2, -0.15) is 0 Å². The fourth-order valence-electron chi connectivity index (χ4n) is 2.31. The predicted octanol–water partition coefficient (Wildman–Crippen LogP) is 3.99. The Balaban J connectivity index is 2.40. The molecular weight excluding hydrogens is 234 g/mol. The zero-order valence-electron chi connectivity index (χ0n) is 11.8. The van der Waals surface area contributed by atoms with Gasteiger partial charge in [-0.15, -0.1) is 0 Å². The summed E-state index contributed by atoms with van der Waals surface area (Å²) < 4.78 is 5.23. The maximum atomic E-state index is 5.89. The number of nitrogen functional groups attached to an aromatic ring is 1. The topological polar surface area (TPSA) is 35.2 Å². The number of anilines is 1. The van der Waals surface area contributed by atoms with Gasteiger partial charge in [0.1, 0.15) is 0 Å². The van der Waals surface area contributed by atoms with E-state index < -0.39 is 0 Å². The minimum atomic E-state index is 0.395. The van der Waals surface area contributed by atoms with Crippen LogP contribution in [0.3, 0.4) is 0 Å². The van der Waals surface area contributed by atoms with Gasteiger partial charge in [0.2, 0.25) is 0 Å². The van der Waals surface area contributed by atoms with Crippen LogP contribution in [0.4, 0.5) is 5.69 Å². The second kappa shape index (κ2) is 5.89. The molecule has 0 saturated carbocycles. The summed E-state index contributed by atoms with van der Waals surface area (Å²) in [5.74, 6) is 0.395. The van der Waals surface area contributed by atoms with Gasteiger partial charge in [-0.05, 0) is 41.3 Å². The van der Waals surface area contributed by atoms with Gasteiger partial charge in [0.15, 0.2) is 0 Å². The van der Waals surface area contributed by atoms with Crippen LogP contribution in [0.5, 0.6) is 0 Å². The molecule has 0 heterocycles. The van der Waals surface area contributed by atoms with E-state index in [-0.39, 0.29) is 0 Å². The van der Waals surface area contributed by atoms with Crippen molar-refractivity contribution in [3.05, 3.63) is 53.6 Å². The second-order valence-electron chi connectivity index (χ2n) is 5.06. The molecule has 2 aromatic rings. The van der Waals surface area contributed by atoms with Gasteiger partial charge in [-0.3, -0.25) is 0 Å². The number of hydrogen-bond donors (Lipinski definition) is 1. The molecule has 100 valence electrons. The van der Waals surface area contributed by atoms with Crippen molar-refractivity contribution in [3.8, 4) is 11.1 Å². The maximum Gasteiger partial charge on any atom is 0.0528 e. The highest BCUT2D eigenvalue weighted by Crippen LogP contribution is 2.28. The fraction of sp³-hybridized carbons (Fsp3) is 0.294. The Morgan fingerprint density at radius 3 is 2.68 bits per heavy atom. The van der Waals surface area contributed by atoms with Crippen molar-refractivity contribution in [1.82, 2.24) is 0 Å². The molecule has 0 bridgehead atoms. The van der Waals surface area contributed by atoms with Crippen LogP contribution in [-0.2, 0) is 4.74 Å². The molecule has 2 aromatic carbocycles. The highest BCUT2D eigenvalue weighted by atomic mass is 16.5. The van der Waals surface area contributed by atoms with E-state index in [0.717, 1.165) is 12.3 Å². The van der Waals surface area contributed by atoms with Crippen LogP contribution in [0.2, 0.25) is 0 Å². The lowest BCUT2D eigenvalue weighted by atomic mass is 9.94. The summed E-state index contributed by atoms with van der Waals surface area (Å²) in [6, 6.07) is 14.6.